The Morgan fingerprint density at radius 3 is 2.72 bits per heavy atom. The highest BCUT2D eigenvalue weighted by Gasteiger charge is 2.32. The van der Waals surface area contributed by atoms with Crippen LogP contribution in [0.25, 0.3) is 0 Å². The van der Waals surface area contributed by atoms with Crippen molar-refractivity contribution >= 4 is 17.7 Å². The summed E-state index contributed by atoms with van der Waals surface area (Å²) >= 11 is 0. The van der Waals surface area contributed by atoms with Crippen LogP contribution in [0.1, 0.15) is 32.3 Å². The zero-order valence-electron chi connectivity index (χ0n) is 14.7. The molecule has 1 aromatic carbocycles. The number of hydrogen-bond donors (Lipinski definition) is 3. The standard InChI is InChI=1S/C18H25N3O4/c1-18(2)10-12-4-3-5-14(16(12)25-18)20-17(24)19-13-6-8-21(9-7-13)11-15(22)23/h3-5,13H,6-11H2,1-2H3,(H,22,23)(H2,19,20,24). The zero-order valence-corrected chi connectivity index (χ0v) is 14.7. The van der Waals surface area contributed by atoms with Gasteiger partial charge in [0.1, 0.15) is 11.4 Å². The number of fused-ring (bicyclic) bond motifs is 1. The molecule has 0 atom stereocenters. The van der Waals surface area contributed by atoms with Gasteiger partial charge in [-0.05, 0) is 32.8 Å². The fourth-order valence-corrected chi connectivity index (χ4v) is 3.48. The Hall–Kier alpha value is -2.28. The first-order chi connectivity index (χ1) is 11.8. The van der Waals surface area contributed by atoms with E-state index in [-0.39, 0.29) is 24.2 Å². The van der Waals surface area contributed by atoms with E-state index in [0.717, 1.165) is 30.6 Å². The Balaban J connectivity index is 1.53. The average Bonchev–Trinajstić information content (AvgIpc) is 2.84. The molecule has 0 aliphatic carbocycles. The van der Waals surface area contributed by atoms with Gasteiger partial charge in [-0.2, -0.15) is 0 Å². The highest BCUT2D eigenvalue weighted by molar-refractivity contribution is 5.91. The Labute approximate surface area is 147 Å². The molecule has 1 aromatic rings. The van der Waals surface area contributed by atoms with Crippen LogP contribution in [0.15, 0.2) is 18.2 Å². The number of aliphatic carboxylic acids is 1. The third-order valence-corrected chi connectivity index (χ3v) is 4.62. The van der Waals surface area contributed by atoms with Crippen LogP contribution in [-0.2, 0) is 11.2 Å². The molecule has 0 spiro atoms. The summed E-state index contributed by atoms with van der Waals surface area (Å²) in [5, 5.41) is 14.7. The number of nitrogens with zero attached hydrogens (tertiary/aromatic N) is 1. The number of carboxylic acids is 1. The number of carboxylic acid groups (broad SMARTS) is 1. The maximum atomic E-state index is 12.3. The first-order valence-electron chi connectivity index (χ1n) is 8.65. The molecule has 2 aliphatic heterocycles. The van der Waals surface area contributed by atoms with Gasteiger partial charge in [0, 0.05) is 31.1 Å². The van der Waals surface area contributed by atoms with Crippen molar-refractivity contribution in [2.75, 3.05) is 25.0 Å². The van der Waals surface area contributed by atoms with Crippen LogP contribution < -0.4 is 15.4 Å². The fraction of sp³-hybridized carbons (Fsp3) is 0.556. The van der Waals surface area contributed by atoms with Crippen molar-refractivity contribution in [1.29, 1.82) is 0 Å². The number of carbonyl (C=O) groups excluding carboxylic acids is 1. The molecule has 0 unspecified atom stereocenters. The molecule has 1 saturated heterocycles. The molecule has 0 bridgehead atoms. The van der Waals surface area contributed by atoms with Crippen molar-refractivity contribution in [3.63, 3.8) is 0 Å². The van der Waals surface area contributed by atoms with E-state index in [2.05, 4.69) is 10.6 Å². The quantitative estimate of drug-likeness (QED) is 0.776. The van der Waals surface area contributed by atoms with Crippen LogP contribution >= 0.6 is 0 Å². The van der Waals surface area contributed by atoms with Crippen LogP contribution in [-0.4, -0.2) is 53.3 Å². The minimum Gasteiger partial charge on any atom is -0.485 e. The predicted molar refractivity (Wildman–Crippen MR) is 94.1 cm³/mol. The van der Waals surface area contributed by atoms with Gasteiger partial charge in [-0.25, -0.2) is 4.79 Å². The van der Waals surface area contributed by atoms with Crippen molar-refractivity contribution in [3.05, 3.63) is 23.8 Å². The molecule has 3 rings (SSSR count). The molecule has 2 heterocycles. The Morgan fingerprint density at radius 1 is 1.32 bits per heavy atom. The van der Waals surface area contributed by atoms with E-state index in [4.69, 9.17) is 9.84 Å². The molecule has 7 nitrogen and oxygen atoms in total. The molecule has 1 fully saturated rings. The van der Waals surface area contributed by atoms with Crippen molar-refractivity contribution < 1.29 is 19.4 Å². The van der Waals surface area contributed by atoms with Crippen LogP contribution in [0.5, 0.6) is 5.75 Å². The number of nitrogens with one attached hydrogen (secondary N) is 2. The topological polar surface area (TPSA) is 90.9 Å². The van der Waals surface area contributed by atoms with Crippen molar-refractivity contribution in [2.24, 2.45) is 0 Å². The number of anilines is 1. The number of ether oxygens (including phenoxy) is 1. The summed E-state index contributed by atoms with van der Waals surface area (Å²) in [5.41, 5.74) is 1.53. The second-order valence-corrected chi connectivity index (χ2v) is 7.37. The van der Waals surface area contributed by atoms with Gasteiger partial charge in [-0.15, -0.1) is 0 Å². The molecule has 25 heavy (non-hydrogen) atoms. The normalized spacial score (nSPS) is 19.8. The SMILES string of the molecule is CC1(C)Cc2cccc(NC(=O)NC3CCN(CC(=O)O)CC3)c2O1. The van der Waals surface area contributed by atoms with Crippen LogP contribution in [0.3, 0.4) is 0 Å². The summed E-state index contributed by atoms with van der Waals surface area (Å²) in [6.45, 7) is 5.47. The second kappa shape index (κ2) is 6.92. The predicted octanol–water partition coefficient (Wildman–Crippen LogP) is 2.07. The largest absolute Gasteiger partial charge is 0.485 e. The molecule has 136 valence electrons. The maximum Gasteiger partial charge on any atom is 0.319 e. The first kappa shape index (κ1) is 17.5. The van der Waals surface area contributed by atoms with Gasteiger partial charge in [0.05, 0.1) is 12.2 Å². The Kier molecular flexibility index (Phi) is 4.85. The fourth-order valence-electron chi connectivity index (χ4n) is 3.48. The van der Waals surface area contributed by atoms with Gasteiger partial charge in [0.2, 0.25) is 0 Å². The lowest BCUT2D eigenvalue weighted by atomic mass is 10.0. The minimum atomic E-state index is -0.815. The van der Waals surface area contributed by atoms with Crippen molar-refractivity contribution in [1.82, 2.24) is 10.2 Å². The summed E-state index contributed by atoms with van der Waals surface area (Å²) in [6.07, 6.45) is 2.32. The van der Waals surface area contributed by atoms with Crippen molar-refractivity contribution in [3.8, 4) is 5.75 Å². The average molecular weight is 347 g/mol. The number of carbonyl (C=O) groups is 2. The number of likely N-dealkylation sites (tertiary alicyclic amines) is 1. The monoisotopic (exact) mass is 347 g/mol. The highest BCUT2D eigenvalue weighted by atomic mass is 16.5. The zero-order chi connectivity index (χ0) is 18.0. The molecule has 0 aromatic heterocycles. The highest BCUT2D eigenvalue weighted by Crippen LogP contribution is 2.40. The van der Waals surface area contributed by atoms with Gasteiger partial charge in [-0.1, -0.05) is 12.1 Å². The lowest BCUT2D eigenvalue weighted by Gasteiger charge is -2.31. The van der Waals surface area contributed by atoms with Crippen molar-refractivity contribution in [2.45, 2.75) is 44.8 Å². The summed E-state index contributed by atoms with van der Waals surface area (Å²) in [5.74, 6) is -0.0658. The maximum absolute atomic E-state index is 12.3. The molecule has 2 aliphatic rings. The molecule has 2 amide bonds. The lowest BCUT2D eigenvalue weighted by molar-refractivity contribution is -0.138. The lowest BCUT2D eigenvalue weighted by Crippen LogP contribution is -2.47. The number of benzene rings is 1. The Morgan fingerprint density at radius 2 is 2.04 bits per heavy atom. The van der Waals surface area contributed by atoms with E-state index >= 15 is 0 Å². The minimum absolute atomic E-state index is 0.0548. The van der Waals surface area contributed by atoms with E-state index in [0.29, 0.717) is 18.8 Å². The van der Waals surface area contributed by atoms with E-state index in [1.165, 1.54) is 0 Å². The van der Waals surface area contributed by atoms with E-state index in [1.54, 1.807) is 0 Å². The van der Waals surface area contributed by atoms with Crippen LogP contribution in [0.4, 0.5) is 10.5 Å². The number of hydrogen-bond acceptors (Lipinski definition) is 4. The number of urea groups is 1. The van der Waals surface area contributed by atoms with Crippen LogP contribution in [0.2, 0.25) is 0 Å². The van der Waals surface area contributed by atoms with Gasteiger partial charge < -0.3 is 20.5 Å². The number of rotatable bonds is 4. The molecule has 3 N–H and O–H groups in total. The summed E-state index contributed by atoms with van der Waals surface area (Å²) in [6, 6.07) is 5.59. The van der Waals surface area contributed by atoms with E-state index < -0.39 is 5.97 Å². The third kappa shape index (κ3) is 4.42. The summed E-state index contributed by atoms with van der Waals surface area (Å²) < 4.78 is 5.96. The van der Waals surface area contributed by atoms with E-state index in [1.807, 2.05) is 36.9 Å². The summed E-state index contributed by atoms with van der Waals surface area (Å²) in [4.78, 5) is 24.9. The smallest absolute Gasteiger partial charge is 0.319 e. The first-order valence-corrected chi connectivity index (χ1v) is 8.65. The molecular formula is C18H25N3O4. The number of piperidine rings is 1. The molecule has 0 radical (unpaired) electrons. The summed E-state index contributed by atoms with van der Waals surface area (Å²) in [7, 11) is 0. The number of amides is 2. The third-order valence-electron chi connectivity index (χ3n) is 4.62. The molecular weight excluding hydrogens is 322 g/mol. The van der Waals surface area contributed by atoms with Crippen LogP contribution in [0, 0.1) is 0 Å². The van der Waals surface area contributed by atoms with Gasteiger partial charge in [0.15, 0.2) is 0 Å². The van der Waals surface area contributed by atoms with Gasteiger partial charge in [0.25, 0.3) is 0 Å². The molecule has 7 heteroatoms. The van der Waals surface area contributed by atoms with Gasteiger partial charge >= 0.3 is 12.0 Å². The Bertz CT molecular complexity index is 666. The second-order valence-electron chi connectivity index (χ2n) is 7.37. The molecule has 0 saturated carbocycles. The van der Waals surface area contributed by atoms with Gasteiger partial charge in [-0.3, -0.25) is 9.69 Å². The van der Waals surface area contributed by atoms with E-state index in [9.17, 15) is 9.59 Å². The number of para-hydroxylation sites is 1.